The van der Waals surface area contributed by atoms with Crippen molar-refractivity contribution in [3.8, 4) is 0 Å². The molecule has 0 saturated carbocycles. The quantitative estimate of drug-likeness (QED) is 0.578. The minimum absolute atomic E-state index is 0.397. The summed E-state index contributed by atoms with van der Waals surface area (Å²) in [6.45, 7) is 1.78. The summed E-state index contributed by atoms with van der Waals surface area (Å²) in [7, 11) is 0. The zero-order valence-corrected chi connectivity index (χ0v) is 9.84. The number of nitrogens with two attached hydrogens (primary N) is 1. The fraction of sp³-hybridized carbons (Fsp3) is 0.778. The lowest BCUT2D eigenvalue weighted by Crippen LogP contribution is -2.48. The summed E-state index contributed by atoms with van der Waals surface area (Å²) in [5, 5.41) is 11.3. The highest BCUT2D eigenvalue weighted by Crippen LogP contribution is 2.01. The van der Waals surface area contributed by atoms with Crippen molar-refractivity contribution in [2.45, 2.75) is 31.8 Å². The Balaban J connectivity index is 4.16. The van der Waals surface area contributed by atoms with Crippen LogP contribution in [0, 0.1) is 0 Å². The standard InChI is InChI=1S/C9H18N2O3S/c1-3-6(10)8(12)11-7(9(13)14)4-5-15-2/h6-7H,3-5,10H2,1-2H3,(H,11,12)(H,13,14)/t6-,7?/m1/s1. The maximum Gasteiger partial charge on any atom is 0.326 e. The van der Waals surface area contributed by atoms with Crippen LogP contribution in [0.3, 0.4) is 0 Å². The Morgan fingerprint density at radius 1 is 1.53 bits per heavy atom. The first-order valence-corrected chi connectivity index (χ1v) is 6.20. The SMILES string of the molecule is CC[C@@H](N)C(=O)NC(CCSC)C(=O)O. The number of thioether (sulfide) groups is 1. The molecule has 0 aliphatic carbocycles. The van der Waals surface area contributed by atoms with Gasteiger partial charge < -0.3 is 16.2 Å². The van der Waals surface area contributed by atoms with Gasteiger partial charge >= 0.3 is 5.97 Å². The molecule has 0 aromatic carbocycles. The molecule has 0 spiro atoms. The van der Waals surface area contributed by atoms with Crippen molar-refractivity contribution in [2.75, 3.05) is 12.0 Å². The second-order valence-electron chi connectivity index (χ2n) is 3.20. The summed E-state index contributed by atoms with van der Waals surface area (Å²) in [5.74, 6) is -0.717. The van der Waals surface area contributed by atoms with Gasteiger partial charge in [-0.15, -0.1) is 0 Å². The number of carbonyl (C=O) groups is 2. The average Bonchev–Trinajstić information content (AvgIpc) is 2.22. The molecule has 4 N–H and O–H groups in total. The number of hydrogen-bond acceptors (Lipinski definition) is 4. The molecular formula is C9H18N2O3S. The molecule has 0 saturated heterocycles. The molecule has 1 amide bonds. The lowest BCUT2D eigenvalue weighted by atomic mass is 10.2. The van der Waals surface area contributed by atoms with Crippen LogP contribution in [-0.4, -0.2) is 41.1 Å². The molecule has 1 unspecified atom stereocenters. The molecule has 0 fully saturated rings. The fourth-order valence-corrected chi connectivity index (χ4v) is 1.43. The lowest BCUT2D eigenvalue weighted by Gasteiger charge is -2.16. The van der Waals surface area contributed by atoms with Gasteiger partial charge in [-0.05, 0) is 24.9 Å². The molecule has 0 aliphatic rings. The molecule has 88 valence electrons. The van der Waals surface area contributed by atoms with Crippen molar-refractivity contribution in [3.63, 3.8) is 0 Å². The van der Waals surface area contributed by atoms with Gasteiger partial charge in [0.05, 0.1) is 6.04 Å². The number of carboxylic acid groups (broad SMARTS) is 1. The number of nitrogens with one attached hydrogen (secondary N) is 1. The number of aliphatic carboxylic acids is 1. The molecule has 0 rings (SSSR count). The second-order valence-corrected chi connectivity index (χ2v) is 4.18. The van der Waals surface area contributed by atoms with E-state index in [9.17, 15) is 9.59 Å². The van der Waals surface area contributed by atoms with Gasteiger partial charge in [-0.3, -0.25) is 4.79 Å². The van der Waals surface area contributed by atoms with E-state index < -0.39 is 24.0 Å². The van der Waals surface area contributed by atoms with Gasteiger partial charge in [0, 0.05) is 0 Å². The van der Waals surface area contributed by atoms with Gasteiger partial charge in [0.25, 0.3) is 0 Å². The number of amides is 1. The highest BCUT2D eigenvalue weighted by Gasteiger charge is 2.21. The Morgan fingerprint density at radius 2 is 2.13 bits per heavy atom. The molecule has 0 heterocycles. The van der Waals surface area contributed by atoms with Gasteiger partial charge in [0.2, 0.25) is 5.91 Å². The minimum atomic E-state index is -1.01. The molecule has 6 heteroatoms. The molecular weight excluding hydrogens is 216 g/mol. The third-order valence-electron chi connectivity index (χ3n) is 2.00. The number of carbonyl (C=O) groups excluding carboxylic acids is 1. The monoisotopic (exact) mass is 234 g/mol. The van der Waals surface area contributed by atoms with Gasteiger partial charge in [0.1, 0.15) is 6.04 Å². The van der Waals surface area contributed by atoms with E-state index in [4.69, 9.17) is 10.8 Å². The van der Waals surface area contributed by atoms with Gasteiger partial charge in [-0.2, -0.15) is 11.8 Å². The van der Waals surface area contributed by atoms with E-state index in [1.54, 1.807) is 18.7 Å². The summed E-state index contributed by atoms with van der Waals surface area (Å²) in [4.78, 5) is 22.1. The van der Waals surface area contributed by atoms with E-state index in [1.807, 2.05) is 6.26 Å². The van der Waals surface area contributed by atoms with Crippen molar-refractivity contribution < 1.29 is 14.7 Å². The van der Waals surface area contributed by atoms with Crippen LogP contribution in [0.1, 0.15) is 19.8 Å². The van der Waals surface area contributed by atoms with E-state index in [2.05, 4.69) is 5.32 Å². The van der Waals surface area contributed by atoms with E-state index in [1.165, 1.54) is 0 Å². The lowest BCUT2D eigenvalue weighted by molar-refractivity contribution is -0.142. The summed E-state index contributed by atoms with van der Waals surface area (Å²) >= 11 is 1.54. The van der Waals surface area contributed by atoms with E-state index in [0.29, 0.717) is 18.6 Å². The van der Waals surface area contributed by atoms with Gasteiger partial charge in [0.15, 0.2) is 0 Å². The largest absolute Gasteiger partial charge is 0.480 e. The number of hydrogen-bond donors (Lipinski definition) is 3. The van der Waals surface area contributed by atoms with Crippen molar-refractivity contribution >= 4 is 23.6 Å². The van der Waals surface area contributed by atoms with Crippen LogP contribution in [-0.2, 0) is 9.59 Å². The minimum Gasteiger partial charge on any atom is -0.480 e. The summed E-state index contributed by atoms with van der Waals surface area (Å²) in [6.07, 6.45) is 2.80. The molecule has 0 radical (unpaired) electrons. The van der Waals surface area contributed by atoms with Crippen molar-refractivity contribution in [3.05, 3.63) is 0 Å². The van der Waals surface area contributed by atoms with Crippen molar-refractivity contribution in [1.82, 2.24) is 5.32 Å². The van der Waals surface area contributed by atoms with Crippen LogP contribution < -0.4 is 11.1 Å². The molecule has 5 nitrogen and oxygen atoms in total. The summed E-state index contributed by atoms with van der Waals surface area (Å²) < 4.78 is 0. The third kappa shape index (κ3) is 5.64. The zero-order valence-electron chi connectivity index (χ0n) is 9.03. The van der Waals surface area contributed by atoms with E-state index in [-0.39, 0.29) is 0 Å². The normalized spacial score (nSPS) is 14.3. The van der Waals surface area contributed by atoms with Crippen LogP contribution in [0.4, 0.5) is 0 Å². The first kappa shape index (κ1) is 14.2. The number of carboxylic acids is 1. The number of rotatable bonds is 7. The summed E-state index contributed by atoms with van der Waals surface area (Å²) in [5.41, 5.74) is 5.48. The van der Waals surface area contributed by atoms with Crippen LogP contribution in [0.25, 0.3) is 0 Å². The highest BCUT2D eigenvalue weighted by molar-refractivity contribution is 7.98. The second kappa shape index (κ2) is 7.53. The molecule has 0 aliphatic heterocycles. The van der Waals surface area contributed by atoms with Crippen LogP contribution in [0.15, 0.2) is 0 Å². The fourth-order valence-electron chi connectivity index (χ4n) is 0.957. The average molecular weight is 234 g/mol. The zero-order chi connectivity index (χ0) is 11.8. The third-order valence-corrected chi connectivity index (χ3v) is 2.65. The first-order chi connectivity index (χ1) is 7.02. The van der Waals surface area contributed by atoms with Crippen LogP contribution in [0.5, 0.6) is 0 Å². The van der Waals surface area contributed by atoms with E-state index >= 15 is 0 Å². The Bertz CT molecular complexity index is 223. The topological polar surface area (TPSA) is 92.4 Å². The van der Waals surface area contributed by atoms with Gasteiger partial charge in [-0.1, -0.05) is 6.92 Å². The predicted octanol–water partition coefficient (Wildman–Crippen LogP) is 0.0462. The first-order valence-electron chi connectivity index (χ1n) is 4.80. The Hall–Kier alpha value is -0.750. The summed E-state index contributed by atoms with van der Waals surface area (Å²) in [6, 6.07) is -1.45. The van der Waals surface area contributed by atoms with Crippen LogP contribution >= 0.6 is 11.8 Å². The van der Waals surface area contributed by atoms with Crippen molar-refractivity contribution in [1.29, 1.82) is 0 Å². The Morgan fingerprint density at radius 3 is 2.53 bits per heavy atom. The predicted molar refractivity (Wildman–Crippen MR) is 60.8 cm³/mol. The molecule has 2 atom stereocenters. The maximum atomic E-state index is 11.3. The highest BCUT2D eigenvalue weighted by atomic mass is 32.2. The molecule has 0 aromatic rings. The van der Waals surface area contributed by atoms with Crippen molar-refractivity contribution in [2.24, 2.45) is 5.73 Å². The van der Waals surface area contributed by atoms with Gasteiger partial charge in [-0.25, -0.2) is 4.79 Å². The smallest absolute Gasteiger partial charge is 0.326 e. The molecule has 15 heavy (non-hydrogen) atoms. The molecule has 0 aromatic heterocycles. The Kier molecular flexibility index (Phi) is 7.15. The van der Waals surface area contributed by atoms with E-state index in [0.717, 1.165) is 0 Å². The maximum absolute atomic E-state index is 11.3. The Labute approximate surface area is 93.8 Å². The van der Waals surface area contributed by atoms with Crippen LogP contribution in [0.2, 0.25) is 0 Å². The molecule has 0 bridgehead atoms.